The van der Waals surface area contributed by atoms with Crippen molar-refractivity contribution in [3.05, 3.63) is 0 Å². The van der Waals surface area contributed by atoms with Gasteiger partial charge in [-0.2, -0.15) is 0 Å². The van der Waals surface area contributed by atoms with Crippen LogP contribution in [0.15, 0.2) is 0 Å². The summed E-state index contributed by atoms with van der Waals surface area (Å²) in [4.78, 5) is 10.9. The van der Waals surface area contributed by atoms with Gasteiger partial charge in [0.2, 0.25) is 5.91 Å². The molecule has 1 amide bonds. The topological polar surface area (TPSA) is 55.1 Å². The van der Waals surface area contributed by atoms with Crippen LogP contribution < -0.4 is 11.1 Å². The van der Waals surface area contributed by atoms with E-state index >= 15 is 0 Å². The highest BCUT2D eigenvalue weighted by molar-refractivity contribution is 5.85. The van der Waals surface area contributed by atoms with Crippen LogP contribution in [-0.2, 0) is 4.79 Å². The molecule has 0 heterocycles. The first-order valence-corrected chi connectivity index (χ1v) is 3.17. The van der Waals surface area contributed by atoms with Gasteiger partial charge in [0.25, 0.3) is 0 Å². The van der Waals surface area contributed by atoms with Crippen LogP contribution in [0.2, 0.25) is 0 Å². The minimum atomic E-state index is -0.172. The molecule has 0 unspecified atom stereocenters. The summed E-state index contributed by atoms with van der Waals surface area (Å²) in [5.74, 6) is 0.102. The van der Waals surface area contributed by atoms with Crippen molar-refractivity contribution in [3.63, 3.8) is 0 Å². The highest BCUT2D eigenvalue weighted by Gasteiger charge is 2.47. The molecule has 0 saturated heterocycles. The maximum atomic E-state index is 10.9. The van der Waals surface area contributed by atoms with Gasteiger partial charge >= 0.3 is 0 Å². The van der Waals surface area contributed by atoms with E-state index in [0.717, 1.165) is 12.8 Å². The fourth-order valence-electron chi connectivity index (χ4n) is 0.940. The SMILES string of the molecule is CNC(=O)C1(CN)CC1. The summed E-state index contributed by atoms with van der Waals surface area (Å²) in [5.41, 5.74) is 5.21. The highest BCUT2D eigenvalue weighted by Crippen LogP contribution is 2.44. The van der Waals surface area contributed by atoms with E-state index in [1.807, 2.05) is 0 Å². The number of hydrogen-bond donors (Lipinski definition) is 2. The van der Waals surface area contributed by atoms with Gasteiger partial charge in [0.15, 0.2) is 0 Å². The summed E-state index contributed by atoms with van der Waals surface area (Å²) in [6.45, 7) is 0.493. The standard InChI is InChI=1S/C6H12N2O/c1-8-5(9)6(4-7)2-3-6/h2-4,7H2,1H3,(H,8,9). The van der Waals surface area contributed by atoms with Crippen LogP contribution in [0, 0.1) is 5.41 Å². The molecule has 3 nitrogen and oxygen atoms in total. The molecule has 1 aliphatic rings. The second kappa shape index (κ2) is 1.99. The van der Waals surface area contributed by atoms with E-state index in [0.29, 0.717) is 6.54 Å². The number of carbonyl (C=O) groups excluding carboxylic acids is 1. The fraction of sp³-hybridized carbons (Fsp3) is 0.833. The third-order valence-electron chi connectivity index (χ3n) is 1.95. The molecule has 0 aliphatic heterocycles. The van der Waals surface area contributed by atoms with Crippen LogP contribution in [0.5, 0.6) is 0 Å². The van der Waals surface area contributed by atoms with Crippen LogP contribution in [-0.4, -0.2) is 19.5 Å². The van der Waals surface area contributed by atoms with Crippen molar-refractivity contribution in [1.82, 2.24) is 5.32 Å². The summed E-state index contributed by atoms with van der Waals surface area (Å²) >= 11 is 0. The molecule has 3 heteroatoms. The first-order valence-electron chi connectivity index (χ1n) is 3.17. The third-order valence-corrected chi connectivity index (χ3v) is 1.95. The van der Waals surface area contributed by atoms with E-state index in [2.05, 4.69) is 5.32 Å². The monoisotopic (exact) mass is 128 g/mol. The quantitative estimate of drug-likeness (QED) is 0.525. The average molecular weight is 128 g/mol. The Morgan fingerprint density at radius 2 is 2.33 bits per heavy atom. The Kier molecular flexibility index (Phi) is 1.45. The first-order chi connectivity index (χ1) is 4.25. The van der Waals surface area contributed by atoms with E-state index in [1.165, 1.54) is 0 Å². The van der Waals surface area contributed by atoms with Crippen LogP contribution in [0.3, 0.4) is 0 Å². The molecule has 3 N–H and O–H groups in total. The van der Waals surface area contributed by atoms with Crippen LogP contribution in [0.4, 0.5) is 0 Å². The van der Waals surface area contributed by atoms with Crippen molar-refractivity contribution in [2.45, 2.75) is 12.8 Å². The van der Waals surface area contributed by atoms with Crippen molar-refractivity contribution in [3.8, 4) is 0 Å². The van der Waals surface area contributed by atoms with Gasteiger partial charge in [-0.3, -0.25) is 4.79 Å². The van der Waals surface area contributed by atoms with E-state index < -0.39 is 0 Å². The Labute approximate surface area is 54.6 Å². The molecule has 1 fully saturated rings. The third kappa shape index (κ3) is 0.920. The lowest BCUT2D eigenvalue weighted by Crippen LogP contribution is -2.34. The van der Waals surface area contributed by atoms with Crippen molar-refractivity contribution in [1.29, 1.82) is 0 Å². The van der Waals surface area contributed by atoms with Gasteiger partial charge < -0.3 is 11.1 Å². The predicted octanol–water partition coefficient (Wildman–Crippen LogP) is -0.529. The van der Waals surface area contributed by atoms with E-state index in [-0.39, 0.29) is 11.3 Å². The fourth-order valence-corrected chi connectivity index (χ4v) is 0.940. The van der Waals surface area contributed by atoms with Crippen molar-refractivity contribution in [2.24, 2.45) is 11.1 Å². The Morgan fingerprint density at radius 1 is 1.78 bits per heavy atom. The summed E-state index contributed by atoms with van der Waals surface area (Å²) in [5, 5.41) is 2.60. The zero-order valence-electron chi connectivity index (χ0n) is 5.61. The van der Waals surface area contributed by atoms with Crippen LogP contribution >= 0.6 is 0 Å². The molecule has 0 aromatic heterocycles. The largest absolute Gasteiger partial charge is 0.359 e. The molecule has 0 aromatic rings. The van der Waals surface area contributed by atoms with E-state index in [1.54, 1.807) is 7.05 Å². The minimum Gasteiger partial charge on any atom is -0.359 e. The molecule has 1 rings (SSSR count). The number of nitrogens with one attached hydrogen (secondary N) is 1. The average Bonchev–Trinajstić information content (AvgIpc) is 2.66. The molecule has 0 spiro atoms. The molecule has 0 aromatic carbocycles. The van der Waals surface area contributed by atoms with Gasteiger partial charge in [-0.05, 0) is 12.8 Å². The number of nitrogens with two attached hydrogens (primary N) is 1. The molecule has 0 radical (unpaired) electrons. The number of rotatable bonds is 2. The van der Waals surface area contributed by atoms with Crippen LogP contribution in [0.25, 0.3) is 0 Å². The Bertz CT molecular complexity index is 129. The zero-order valence-corrected chi connectivity index (χ0v) is 5.61. The molecule has 0 bridgehead atoms. The van der Waals surface area contributed by atoms with Crippen molar-refractivity contribution < 1.29 is 4.79 Å². The molecule has 1 aliphatic carbocycles. The van der Waals surface area contributed by atoms with Crippen molar-refractivity contribution in [2.75, 3.05) is 13.6 Å². The lowest BCUT2D eigenvalue weighted by Gasteiger charge is -2.08. The molecular formula is C6H12N2O. The lowest BCUT2D eigenvalue weighted by molar-refractivity contribution is -0.125. The Hall–Kier alpha value is -0.570. The van der Waals surface area contributed by atoms with Crippen molar-refractivity contribution >= 4 is 5.91 Å². The second-order valence-electron chi connectivity index (χ2n) is 2.56. The molecule has 9 heavy (non-hydrogen) atoms. The molecule has 52 valence electrons. The number of amides is 1. The Morgan fingerprint density at radius 3 is 2.44 bits per heavy atom. The number of carbonyl (C=O) groups is 1. The minimum absolute atomic E-state index is 0.102. The van der Waals surface area contributed by atoms with Gasteiger partial charge in [0, 0.05) is 13.6 Å². The summed E-state index contributed by atoms with van der Waals surface area (Å²) in [7, 11) is 1.65. The lowest BCUT2D eigenvalue weighted by atomic mass is 10.1. The van der Waals surface area contributed by atoms with Gasteiger partial charge in [-0.15, -0.1) is 0 Å². The summed E-state index contributed by atoms with van der Waals surface area (Å²) in [6.07, 6.45) is 1.92. The number of hydrogen-bond acceptors (Lipinski definition) is 2. The maximum Gasteiger partial charge on any atom is 0.227 e. The van der Waals surface area contributed by atoms with E-state index in [9.17, 15) is 4.79 Å². The molecule has 0 atom stereocenters. The molecule has 1 saturated carbocycles. The molecular weight excluding hydrogens is 116 g/mol. The summed E-state index contributed by atoms with van der Waals surface area (Å²) in [6, 6.07) is 0. The normalized spacial score (nSPS) is 21.1. The van der Waals surface area contributed by atoms with Gasteiger partial charge in [-0.1, -0.05) is 0 Å². The predicted molar refractivity (Wildman–Crippen MR) is 34.8 cm³/mol. The van der Waals surface area contributed by atoms with Gasteiger partial charge in [-0.25, -0.2) is 0 Å². The highest BCUT2D eigenvalue weighted by atomic mass is 16.2. The second-order valence-corrected chi connectivity index (χ2v) is 2.56. The summed E-state index contributed by atoms with van der Waals surface area (Å²) < 4.78 is 0. The smallest absolute Gasteiger partial charge is 0.227 e. The van der Waals surface area contributed by atoms with Gasteiger partial charge in [0.1, 0.15) is 0 Å². The maximum absolute atomic E-state index is 10.9. The van der Waals surface area contributed by atoms with E-state index in [4.69, 9.17) is 5.73 Å². The zero-order chi connectivity index (χ0) is 6.91. The van der Waals surface area contributed by atoms with Gasteiger partial charge in [0.05, 0.1) is 5.41 Å². The van der Waals surface area contributed by atoms with Crippen LogP contribution in [0.1, 0.15) is 12.8 Å². The Balaban J connectivity index is 2.49. The first kappa shape index (κ1) is 6.55.